The highest BCUT2D eigenvalue weighted by Crippen LogP contribution is 2.67. The number of aliphatic hydroxyl groups is 2. The minimum Gasteiger partial charge on any atom is -1.00 e. The van der Waals surface area contributed by atoms with E-state index in [1.165, 1.54) is 58.0 Å². The molecule has 0 radical (unpaired) electrons. The Morgan fingerprint density at radius 1 is 0.947 bits per heavy atom. The number of piperidine rings is 1. The molecule has 2 aliphatic heterocycles. The lowest BCUT2D eigenvalue weighted by atomic mass is 9.44. The number of likely N-dealkylation sites (tertiary alicyclic amines) is 2. The van der Waals surface area contributed by atoms with Crippen molar-refractivity contribution in [3.05, 3.63) is 0 Å². The van der Waals surface area contributed by atoms with Crippen molar-refractivity contribution in [3.8, 4) is 0 Å². The third-order valence-electron chi connectivity index (χ3n) is 13.3. The van der Waals surface area contributed by atoms with Crippen LogP contribution in [0.25, 0.3) is 0 Å². The van der Waals surface area contributed by atoms with Crippen molar-refractivity contribution >= 4 is 5.97 Å². The second-order valence-corrected chi connectivity index (χ2v) is 15.0. The zero-order valence-electron chi connectivity index (χ0n) is 24.3. The van der Waals surface area contributed by atoms with Gasteiger partial charge in [-0.05, 0) is 80.5 Å². The summed E-state index contributed by atoms with van der Waals surface area (Å²) in [6.07, 6.45) is 12.1. The number of rotatable bonds is 3. The lowest BCUT2D eigenvalue weighted by molar-refractivity contribution is -0.924. The number of aliphatic hydroxyl groups excluding tert-OH is 2. The van der Waals surface area contributed by atoms with Crippen molar-refractivity contribution in [1.29, 1.82) is 0 Å². The summed E-state index contributed by atoms with van der Waals surface area (Å²) < 4.78 is 7.38. The molecule has 0 aromatic heterocycles. The Morgan fingerprint density at radius 2 is 1.63 bits per heavy atom. The molecule has 0 bridgehead atoms. The van der Waals surface area contributed by atoms with Crippen LogP contribution in [0.3, 0.4) is 0 Å². The molecule has 218 valence electrons. The molecule has 38 heavy (non-hydrogen) atoms. The van der Waals surface area contributed by atoms with Crippen LogP contribution in [0.15, 0.2) is 0 Å². The van der Waals surface area contributed by atoms with Crippen LogP contribution < -0.4 is 17.0 Å². The molecule has 5 unspecified atom stereocenters. The van der Waals surface area contributed by atoms with E-state index in [2.05, 4.69) is 25.8 Å². The third-order valence-corrected chi connectivity index (χ3v) is 13.3. The van der Waals surface area contributed by atoms with Gasteiger partial charge in [-0.15, -0.1) is 0 Å². The van der Waals surface area contributed by atoms with E-state index in [0.717, 1.165) is 43.3 Å². The Bertz CT molecular complexity index is 874. The summed E-state index contributed by atoms with van der Waals surface area (Å²) in [5, 5.41) is 21.3. The van der Waals surface area contributed by atoms with Gasteiger partial charge in [-0.25, -0.2) is 0 Å². The molecule has 6 nitrogen and oxygen atoms in total. The monoisotopic (exact) mass is 596 g/mol. The number of hydrogen-bond acceptors (Lipinski definition) is 5. The fourth-order valence-corrected chi connectivity index (χ4v) is 11.2. The van der Waals surface area contributed by atoms with Crippen molar-refractivity contribution in [2.75, 3.05) is 33.2 Å². The lowest BCUT2D eigenvalue weighted by Gasteiger charge is -2.62. The van der Waals surface area contributed by atoms with Gasteiger partial charge >= 0.3 is 5.97 Å². The number of carbonyl (C=O) groups is 1. The first-order chi connectivity index (χ1) is 17.5. The lowest BCUT2D eigenvalue weighted by Crippen LogP contribution is -3.00. The van der Waals surface area contributed by atoms with Crippen molar-refractivity contribution in [1.82, 2.24) is 4.90 Å². The normalized spacial score (nSPS) is 48.9. The van der Waals surface area contributed by atoms with Crippen molar-refractivity contribution in [2.24, 2.45) is 34.5 Å². The molecule has 10 atom stereocenters. The molecule has 2 saturated heterocycles. The van der Waals surface area contributed by atoms with Crippen LogP contribution in [0.1, 0.15) is 91.4 Å². The number of quaternary nitrogens is 1. The van der Waals surface area contributed by atoms with E-state index in [4.69, 9.17) is 4.74 Å². The van der Waals surface area contributed by atoms with E-state index >= 15 is 0 Å². The first-order valence-corrected chi connectivity index (χ1v) is 15.7. The molecule has 0 amide bonds. The average Bonchev–Trinajstić information content (AvgIpc) is 3.42. The second kappa shape index (κ2) is 10.6. The maximum Gasteiger partial charge on any atom is 0.303 e. The summed E-state index contributed by atoms with van der Waals surface area (Å²) in [6.45, 7) is 11.0. The maximum atomic E-state index is 12.4. The molecule has 2 N–H and O–H groups in total. The van der Waals surface area contributed by atoms with Gasteiger partial charge in [0, 0.05) is 50.7 Å². The third kappa shape index (κ3) is 4.62. The van der Waals surface area contributed by atoms with Gasteiger partial charge in [0.1, 0.15) is 6.04 Å². The molecular weight excluding hydrogens is 544 g/mol. The molecule has 7 heteroatoms. The van der Waals surface area contributed by atoms with Crippen LogP contribution in [0.5, 0.6) is 0 Å². The first kappa shape index (κ1) is 29.3. The molecule has 4 saturated carbocycles. The van der Waals surface area contributed by atoms with Crippen molar-refractivity contribution in [3.63, 3.8) is 0 Å². The molecule has 6 rings (SSSR count). The minimum atomic E-state index is -0.234. The van der Waals surface area contributed by atoms with E-state index < -0.39 is 0 Å². The Morgan fingerprint density at radius 3 is 2.29 bits per heavy atom. The predicted octanol–water partition coefficient (Wildman–Crippen LogP) is 0.980. The van der Waals surface area contributed by atoms with Crippen LogP contribution in [0.4, 0.5) is 0 Å². The molecule has 6 aliphatic rings. The minimum absolute atomic E-state index is 0. The zero-order valence-corrected chi connectivity index (χ0v) is 25.9. The Labute approximate surface area is 241 Å². The first-order valence-electron chi connectivity index (χ1n) is 15.7. The number of carbonyl (C=O) groups excluding carboxylic acids is 1. The number of hydrogen-bond donors (Lipinski definition) is 2. The van der Waals surface area contributed by atoms with Crippen LogP contribution >= 0.6 is 0 Å². The van der Waals surface area contributed by atoms with E-state index in [1.807, 2.05) is 0 Å². The van der Waals surface area contributed by atoms with E-state index in [1.54, 1.807) is 6.92 Å². The van der Waals surface area contributed by atoms with Gasteiger partial charge in [0.2, 0.25) is 0 Å². The molecule has 2 heterocycles. The molecule has 6 fully saturated rings. The number of fused-ring (bicyclic) bond motifs is 5. The second-order valence-electron chi connectivity index (χ2n) is 15.0. The molecule has 0 aromatic rings. The highest BCUT2D eigenvalue weighted by molar-refractivity contribution is 5.66. The molecular formula is C31H53BrN2O4. The summed E-state index contributed by atoms with van der Waals surface area (Å²) in [4.78, 5) is 14.9. The Kier molecular flexibility index (Phi) is 8.14. The summed E-state index contributed by atoms with van der Waals surface area (Å²) in [5.41, 5.74) is 0.354. The van der Waals surface area contributed by atoms with Gasteiger partial charge in [0.15, 0.2) is 6.10 Å². The number of halogens is 1. The van der Waals surface area contributed by atoms with Crippen LogP contribution in [0.2, 0.25) is 0 Å². The van der Waals surface area contributed by atoms with Gasteiger partial charge in [-0.1, -0.05) is 13.8 Å². The smallest absolute Gasteiger partial charge is 0.303 e. The van der Waals surface area contributed by atoms with Crippen LogP contribution in [-0.4, -0.2) is 89.2 Å². The zero-order chi connectivity index (χ0) is 26.2. The van der Waals surface area contributed by atoms with Gasteiger partial charge in [0.25, 0.3) is 0 Å². The van der Waals surface area contributed by atoms with Gasteiger partial charge in [0.05, 0.1) is 32.3 Å². The van der Waals surface area contributed by atoms with E-state index in [-0.39, 0.29) is 58.1 Å². The van der Waals surface area contributed by atoms with Crippen LogP contribution in [-0.2, 0) is 9.53 Å². The summed E-state index contributed by atoms with van der Waals surface area (Å²) >= 11 is 0. The number of esters is 1. The molecule has 0 spiro atoms. The van der Waals surface area contributed by atoms with Crippen molar-refractivity contribution in [2.45, 2.75) is 122 Å². The summed E-state index contributed by atoms with van der Waals surface area (Å²) in [6, 6.07) is 0.673. The topological polar surface area (TPSA) is 70.0 Å². The number of ether oxygens (including phenoxy) is 1. The fraction of sp³-hybridized carbons (Fsp3) is 0.968. The highest BCUT2D eigenvalue weighted by atomic mass is 79.9. The molecule has 4 aliphatic carbocycles. The van der Waals surface area contributed by atoms with Crippen LogP contribution in [0, 0.1) is 34.5 Å². The summed E-state index contributed by atoms with van der Waals surface area (Å²) in [7, 11) is 2.44. The number of nitrogens with zero attached hydrogens (tertiary/aromatic N) is 2. The predicted molar refractivity (Wildman–Crippen MR) is 144 cm³/mol. The van der Waals surface area contributed by atoms with Gasteiger partial charge < -0.3 is 36.4 Å². The Balaban J connectivity index is 0.00000294. The maximum absolute atomic E-state index is 12.4. The quantitative estimate of drug-likeness (QED) is 0.375. The van der Waals surface area contributed by atoms with Gasteiger partial charge in [-0.3, -0.25) is 9.69 Å². The largest absolute Gasteiger partial charge is 1.00 e. The van der Waals surface area contributed by atoms with E-state index in [0.29, 0.717) is 29.7 Å². The number of likely N-dealkylation sites (N-methyl/N-ethyl adjacent to an activating group) is 1. The summed E-state index contributed by atoms with van der Waals surface area (Å²) in [5.74, 6) is 2.55. The highest BCUT2D eigenvalue weighted by Gasteiger charge is 2.67. The SMILES string of the molecule is CC(=O)OC1C([N+]2(C)CCCC2)C[C@H]2[C@@H]3CCC4CC(O)C(N5CCC(O)CC5)C[C@]4(C)[C@@H]3CC[C@]12C.[Br-]. The van der Waals surface area contributed by atoms with E-state index in [9.17, 15) is 15.0 Å². The molecule has 0 aromatic carbocycles. The van der Waals surface area contributed by atoms with Crippen molar-refractivity contribution < 1.29 is 41.2 Å². The standard InChI is InChI=1S/C31H53N2O4.BrH/c1-20(34)37-29-27(33(4)15-5-6-16-33)18-25-23-8-7-21-17-28(36)26(32-13-10-22(35)11-14-32)19-31(21,3)24(23)9-12-30(25,29)2;/h21-29,35-36H,5-19H2,1-4H3;1H/q+1;/p-1/t21?,23-,24-,25+,26?,27?,28?,29?,30+,31+;/m1./s1. The Hall–Kier alpha value is -0.210. The average molecular weight is 598 g/mol. The fourth-order valence-electron chi connectivity index (χ4n) is 11.2. The van der Waals surface area contributed by atoms with Gasteiger partial charge in [-0.2, -0.15) is 0 Å².